The van der Waals surface area contributed by atoms with Crippen molar-refractivity contribution in [3.63, 3.8) is 0 Å². The molecule has 1 aliphatic carbocycles. The van der Waals surface area contributed by atoms with Crippen molar-refractivity contribution in [1.29, 1.82) is 0 Å². The van der Waals surface area contributed by atoms with Crippen LogP contribution in [0.1, 0.15) is 52.6 Å². The molecule has 0 amide bonds. The van der Waals surface area contributed by atoms with Gasteiger partial charge in [-0.2, -0.15) is 0 Å². The minimum absolute atomic E-state index is 0.0454. The summed E-state index contributed by atoms with van der Waals surface area (Å²) in [6.07, 6.45) is 3.07. The number of rotatable bonds is 7. The molecule has 3 aromatic heterocycles. The fourth-order valence-electron chi connectivity index (χ4n) is 8.59. The minimum atomic E-state index is -1.17. The zero-order chi connectivity index (χ0) is 39.7. The van der Waals surface area contributed by atoms with Crippen LogP contribution in [0.4, 0.5) is 0 Å². The Labute approximate surface area is 334 Å². The molecule has 0 atom stereocenters. The first kappa shape index (κ1) is 34.9. The Morgan fingerprint density at radius 2 is 1.24 bits per heavy atom. The minimum Gasteiger partial charge on any atom is -0.478 e. The van der Waals surface area contributed by atoms with Crippen molar-refractivity contribution in [1.82, 2.24) is 24.5 Å². The van der Waals surface area contributed by atoms with Crippen LogP contribution in [0.2, 0.25) is 0 Å². The van der Waals surface area contributed by atoms with E-state index in [-0.39, 0.29) is 33.7 Å². The van der Waals surface area contributed by atoms with Crippen LogP contribution in [0.15, 0.2) is 152 Å². The molecule has 0 bridgehead atoms. The zero-order valence-electron chi connectivity index (χ0n) is 31.9. The number of benzene rings is 6. The van der Waals surface area contributed by atoms with E-state index in [9.17, 15) is 14.7 Å². The van der Waals surface area contributed by atoms with Gasteiger partial charge in [0.2, 0.25) is 0 Å². The highest BCUT2D eigenvalue weighted by molar-refractivity contribution is 6.13. The summed E-state index contributed by atoms with van der Waals surface area (Å²) in [6.45, 7) is 5.98. The molecule has 9 aromatic rings. The van der Waals surface area contributed by atoms with E-state index >= 15 is 0 Å². The van der Waals surface area contributed by atoms with Crippen molar-refractivity contribution in [3.05, 3.63) is 174 Å². The first-order chi connectivity index (χ1) is 28.2. The highest BCUT2D eigenvalue weighted by Gasteiger charge is 2.36. The molecule has 0 fully saturated rings. The number of hydrogen-bond acceptors (Lipinski definition) is 6. The van der Waals surface area contributed by atoms with E-state index in [1.807, 2.05) is 60.7 Å². The Morgan fingerprint density at radius 3 is 1.97 bits per heavy atom. The third kappa shape index (κ3) is 5.52. The first-order valence-corrected chi connectivity index (χ1v) is 19.1. The summed E-state index contributed by atoms with van der Waals surface area (Å²) in [5, 5.41) is 12.5. The monoisotopic (exact) mass is 753 g/mol. The van der Waals surface area contributed by atoms with Crippen molar-refractivity contribution in [2.24, 2.45) is 0 Å². The molecule has 10 rings (SSSR count). The van der Waals surface area contributed by atoms with Crippen LogP contribution >= 0.6 is 0 Å². The molecule has 1 N–H and O–H groups in total. The second-order valence-electron chi connectivity index (χ2n) is 15.2. The van der Waals surface area contributed by atoms with E-state index in [1.165, 1.54) is 41.6 Å². The fourth-order valence-corrected chi connectivity index (χ4v) is 8.59. The molecule has 0 spiro atoms. The van der Waals surface area contributed by atoms with Crippen LogP contribution in [0, 0.1) is 0 Å². The zero-order valence-corrected chi connectivity index (χ0v) is 31.9. The highest BCUT2D eigenvalue weighted by atomic mass is 16.4. The third-order valence-corrected chi connectivity index (χ3v) is 11.4. The maximum Gasteiger partial charge on any atom is 0.336 e. The lowest BCUT2D eigenvalue weighted by atomic mass is 9.82. The van der Waals surface area contributed by atoms with Crippen LogP contribution in [-0.4, -0.2) is 41.4 Å². The summed E-state index contributed by atoms with van der Waals surface area (Å²) in [5.41, 5.74) is 11.0. The van der Waals surface area contributed by atoms with Crippen molar-refractivity contribution in [2.75, 3.05) is 0 Å². The standard InChI is InChI=1S/C50H35N5O3/c1-29(56)35-24-33(25-39(49(57)58)46(35)48-51-21-12-22-52-48)32-19-20-43-37(23-32)38-26-36-34-17-10-11-18-40(34)50(2,3)41(36)27-44(38)55(43)45-28-42(30-13-6-4-7-14-30)53-47(54-45)31-15-8-5-9-16-31/h4-28H,1-3H3,(H,57,58). The maximum atomic E-state index is 13.2. The average molecular weight is 754 g/mol. The van der Waals surface area contributed by atoms with Crippen molar-refractivity contribution < 1.29 is 14.7 Å². The molecule has 0 aliphatic heterocycles. The van der Waals surface area contributed by atoms with Gasteiger partial charge in [0.25, 0.3) is 0 Å². The van der Waals surface area contributed by atoms with E-state index in [1.54, 1.807) is 18.2 Å². The van der Waals surface area contributed by atoms with Gasteiger partial charge >= 0.3 is 5.97 Å². The van der Waals surface area contributed by atoms with Crippen molar-refractivity contribution in [2.45, 2.75) is 26.2 Å². The number of Topliss-reactive ketones (excluding diaryl/α,β-unsaturated/α-hetero) is 1. The quantitative estimate of drug-likeness (QED) is 0.161. The number of ketones is 1. The van der Waals surface area contributed by atoms with Crippen LogP contribution < -0.4 is 0 Å². The molecule has 0 unspecified atom stereocenters. The van der Waals surface area contributed by atoms with Crippen LogP contribution in [0.3, 0.4) is 0 Å². The lowest BCUT2D eigenvalue weighted by Crippen LogP contribution is -2.15. The molecule has 58 heavy (non-hydrogen) atoms. The summed E-state index contributed by atoms with van der Waals surface area (Å²) in [5.74, 6) is 0.0507. The van der Waals surface area contributed by atoms with Gasteiger partial charge in [0, 0.05) is 56.9 Å². The molecule has 8 heteroatoms. The molecule has 278 valence electrons. The summed E-state index contributed by atoms with van der Waals surface area (Å²) in [7, 11) is 0. The summed E-state index contributed by atoms with van der Waals surface area (Å²) < 4.78 is 2.22. The Kier molecular flexibility index (Phi) is 7.98. The Bertz CT molecular complexity index is 3040. The second kappa shape index (κ2) is 13.3. The number of aromatic nitrogens is 5. The lowest BCUT2D eigenvalue weighted by molar-refractivity contribution is 0.0697. The van der Waals surface area contributed by atoms with Gasteiger partial charge in [-0.05, 0) is 82.8 Å². The number of carbonyl (C=O) groups excluding carboxylic acids is 1. The molecule has 8 nitrogen and oxygen atoms in total. The van der Waals surface area contributed by atoms with Gasteiger partial charge in [-0.1, -0.05) is 105 Å². The van der Waals surface area contributed by atoms with E-state index in [4.69, 9.17) is 9.97 Å². The number of carboxylic acid groups (broad SMARTS) is 1. The molecule has 0 saturated heterocycles. The third-order valence-electron chi connectivity index (χ3n) is 11.4. The number of carbonyl (C=O) groups is 2. The number of nitrogens with zero attached hydrogens (tertiary/aromatic N) is 5. The van der Waals surface area contributed by atoms with Gasteiger partial charge in [-0.15, -0.1) is 0 Å². The fraction of sp³-hybridized carbons (Fsp3) is 0.0800. The summed E-state index contributed by atoms with van der Waals surface area (Å²) in [6, 6.07) is 46.5. The Hall–Kier alpha value is -7.58. The van der Waals surface area contributed by atoms with Gasteiger partial charge in [0.05, 0.1) is 22.3 Å². The highest BCUT2D eigenvalue weighted by Crippen LogP contribution is 2.51. The van der Waals surface area contributed by atoms with E-state index in [0.29, 0.717) is 17.2 Å². The smallest absolute Gasteiger partial charge is 0.336 e. The molecule has 1 aliphatic rings. The topological polar surface area (TPSA) is 111 Å². The SMILES string of the molecule is CC(=O)c1cc(-c2ccc3c(c2)c2cc4c(cc2n3-c2cc(-c3ccccc3)nc(-c3ccccc3)n2)C(C)(C)c2ccccc2-4)cc(C(=O)O)c1-c1ncccn1. The number of carboxylic acids is 1. The number of hydrogen-bond donors (Lipinski definition) is 1. The maximum absolute atomic E-state index is 13.2. The molecule has 3 heterocycles. The van der Waals surface area contributed by atoms with Gasteiger partial charge < -0.3 is 5.11 Å². The van der Waals surface area contributed by atoms with Gasteiger partial charge in [0.1, 0.15) is 5.82 Å². The molecule has 6 aromatic carbocycles. The Balaban J connectivity index is 1.27. The van der Waals surface area contributed by atoms with Gasteiger partial charge in [0.15, 0.2) is 17.4 Å². The molecule has 0 saturated carbocycles. The van der Waals surface area contributed by atoms with Crippen molar-refractivity contribution >= 4 is 33.6 Å². The summed E-state index contributed by atoms with van der Waals surface area (Å²) >= 11 is 0. The average Bonchev–Trinajstić information content (AvgIpc) is 3.70. The summed E-state index contributed by atoms with van der Waals surface area (Å²) in [4.78, 5) is 45.0. The molecule has 0 radical (unpaired) electrons. The first-order valence-electron chi connectivity index (χ1n) is 19.1. The van der Waals surface area contributed by atoms with Gasteiger partial charge in [-0.3, -0.25) is 9.36 Å². The van der Waals surface area contributed by atoms with Crippen LogP contribution in [-0.2, 0) is 5.41 Å². The van der Waals surface area contributed by atoms with Crippen LogP contribution in [0.25, 0.3) is 83.9 Å². The predicted molar refractivity (Wildman–Crippen MR) is 228 cm³/mol. The second-order valence-corrected chi connectivity index (χ2v) is 15.2. The molecular weight excluding hydrogens is 719 g/mol. The number of aromatic carboxylic acids is 1. The Morgan fingerprint density at radius 1 is 0.569 bits per heavy atom. The normalized spacial score (nSPS) is 12.7. The van der Waals surface area contributed by atoms with E-state index in [0.717, 1.165) is 44.2 Å². The lowest BCUT2D eigenvalue weighted by Gasteiger charge is -2.21. The predicted octanol–water partition coefficient (Wildman–Crippen LogP) is 11.2. The van der Waals surface area contributed by atoms with Gasteiger partial charge in [-0.25, -0.2) is 24.7 Å². The van der Waals surface area contributed by atoms with Crippen LogP contribution in [0.5, 0.6) is 0 Å². The molecular formula is C50H35N5O3. The number of fused-ring (bicyclic) bond motifs is 6. The van der Waals surface area contributed by atoms with E-state index in [2.05, 4.69) is 89.0 Å². The van der Waals surface area contributed by atoms with Crippen molar-refractivity contribution in [3.8, 4) is 62.1 Å². The van der Waals surface area contributed by atoms with E-state index < -0.39 is 5.97 Å². The largest absolute Gasteiger partial charge is 0.478 e.